The summed E-state index contributed by atoms with van der Waals surface area (Å²) in [5.74, 6) is -1.30. The largest absolute Gasteiger partial charge is 0.481 e. The minimum absolute atomic E-state index is 0.0296. The van der Waals surface area contributed by atoms with E-state index in [9.17, 15) is 14.4 Å². The van der Waals surface area contributed by atoms with Crippen molar-refractivity contribution in [2.75, 3.05) is 5.32 Å². The maximum Gasteiger partial charge on any atom is 0.325 e. The number of unbranched alkanes of at least 4 members (excludes halogenated alkanes) is 1. The second-order valence-electron chi connectivity index (χ2n) is 4.87. The van der Waals surface area contributed by atoms with Crippen LogP contribution in [0.2, 0.25) is 0 Å². The first-order valence-electron chi connectivity index (χ1n) is 6.79. The number of hydrogen-bond acceptors (Lipinski definition) is 3. The van der Waals surface area contributed by atoms with Gasteiger partial charge in [0.25, 0.3) is 0 Å². The van der Waals surface area contributed by atoms with Crippen molar-refractivity contribution in [1.29, 1.82) is 0 Å². The molecule has 21 heavy (non-hydrogen) atoms. The molecular weight excluding hydrogens is 272 g/mol. The van der Waals surface area contributed by atoms with Crippen LogP contribution in [0.1, 0.15) is 36.8 Å². The van der Waals surface area contributed by atoms with E-state index in [1.807, 2.05) is 32.0 Å². The summed E-state index contributed by atoms with van der Waals surface area (Å²) in [6.07, 6.45) is 1.02. The normalized spacial score (nSPS) is 10.0. The fourth-order valence-corrected chi connectivity index (χ4v) is 1.91. The Kier molecular flexibility index (Phi) is 6.39. The van der Waals surface area contributed by atoms with Crippen molar-refractivity contribution in [2.24, 2.45) is 0 Å². The second kappa shape index (κ2) is 8.04. The lowest BCUT2D eigenvalue weighted by molar-refractivity contribution is -0.137. The third kappa shape index (κ3) is 6.07. The summed E-state index contributed by atoms with van der Waals surface area (Å²) in [5, 5.41) is 13.4. The highest BCUT2D eigenvalue weighted by Gasteiger charge is 2.10. The minimum atomic E-state index is -0.886. The molecule has 0 aliphatic heterocycles. The Hall–Kier alpha value is -2.37. The van der Waals surface area contributed by atoms with Crippen molar-refractivity contribution in [1.82, 2.24) is 5.32 Å². The van der Waals surface area contributed by atoms with Crippen LogP contribution < -0.4 is 10.6 Å². The van der Waals surface area contributed by atoms with Gasteiger partial charge in [-0.15, -0.1) is 0 Å². The monoisotopic (exact) mass is 292 g/mol. The summed E-state index contributed by atoms with van der Waals surface area (Å²) < 4.78 is 0. The van der Waals surface area contributed by atoms with E-state index in [2.05, 4.69) is 10.6 Å². The first kappa shape index (κ1) is 16.7. The van der Waals surface area contributed by atoms with E-state index in [-0.39, 0.29) is 12.8 Å². The minimum Gasteiger partial charge on any atom is -0.481 e. The molecule has 1 aromatic carbocycles. The Morgan fingerprint density at radius 2 is 1.62 bits per heavy atom. The van der Waals surface area contributed by atoms with Crippen molar-refractivity contribution in [3.8, 4) is 0 Å². The van der Waals surface area contributed by atoms with Crippen molar-refractivity contribution in [3.05, 3.63) is 29.3 Å². The van der Waals surface area contributed by atoms with Gasteiger partial charge in [-0.25, -0.2) is 4.79 Å². The third-order valence-corrected chi connectivity index (χ3v) is 3.02. The van der Waals surface area contributed by atoms with Gasteiger partial charge in [0, 0.05) is 18.5 Å². The van der Waals surface area contributed by atoms with E-state index in [0.717, 1.165) is 11.1 Å². The van der Waals surface area contributed by atoms with Gasteiger partial charge in [0.15, 0.2) is 0 Å². The van der Waals surface area contributed by atoms with Crippen LogP contribution in [0, 0.1) is 13.8 Å². The average molecular weight is 292 g/mol. The smallest absolute Gasteiger partial charge is 0.325 e. The van der Waals surface area contributed by atoms with E-state index in [1.54, 1.807) is 0 Å². The van der Waals surface area contributed by atoms with Crippen LogP contribution in [0.25, 0.3) is 0 Å². The van der Waals surface area contributed by atoms with Crippen LogP contribution in [-0.4, -0.2) is 23.0 Å². The lowest BCUT2D eigenvalue weighted by atomic mass is 10.1. The standard InChI is InChI=1S/C15H20N2O4/c1-10-6-5-7-11(2)14(10)17-15(21)16-12(18)8-3-4-9-13(19)20/h5-7H,3-4,8-9H2,1-2H3,(H,19,20)(H2,16,17,18,21). The fraction of sp³-hybridized carbons (Fsp3) is 0.400. The van der Waals surface area contributed by atoms with Crippen molar-refractivity contribution < 1.29 is 19.5 Å². The van der Waals surface area contributed by atoms with Crippen LogP contribution in [0.4, 0.5) is 10.5 Å². The predicted octanol–water partition coefficient (Wildman–Crippen LogP) is 2.60. The average Bonchev–Trinajstić information content (AvgIpc) is 2.39. The number of carbonyl (C=O) groups excluding carboxylic acids is 2. The zero-order valence-corrected chi connectivity index (χ0v) is 12.2. The SMILES string of the molecule is Cc1cccc(C)c1NC(=O)NC(=O)CCCCC(=O)O. The summed E-state index contributed by atoms with van der Waals surface area (Å²) in [6, 6.07) is 5.06. The molecule has 6 heteroatoms. The van der Waals surface area contributed by atoms with Gasteiger partial charge in [0.2, 0.25) is 5.91 Å². The van der Waals surface area contributed by atoms with Gasteiger partial charge >= 0.3 is 12.0 Å². The molecule has 0 bridgehead atoms. The summed E-state index contributed by atoms with van der Waals surface area (Å²) in [5.41, 5.74) is 2.52. The van der Waals surface area contributed by atoms with Gasteiger partial charge in [0.1, 0.15) is 0 Å². The number of aryl methyl sites for hydroxylation is 2. The molecule has 0 aliphatic rings. The Morgan fingerprint density at radius 1 is 1.05 bits per heavy atom. The first-order valence-corrected chi connectivity index (χ1v) is 6.79. The van der Waals surface area contributed by atoms with Crippen LogP contribution >= 0.6 is 0 Å². The molecule has 3 N–H and O–H groups in total. The van der Waals surface area contributed by atoms with Crippen molar-refractivity contribution in [3.63, 3.8) is 0 Å². The van der Waals surface area contributed by atoms with E-state index in [1.165, 1.54) is 0 Å². The molecular formula is C15H20N2O4. The predicted molar refractivity (Wildman–Crippen MR) is 79.2 cm³/mol. The second-order valence-corrected chi connectivity index (χ2v) is 4.87. The molecule has 6 nitrogen and oxygen atoms in total. The molecule has 1 rings (SSSR count). The molecule has 0 spiro atoms. The number of amides is 3. The van der Waals surface area contributed by atoms with E-state index >= 15 is 0 Å². The molecule has 0 unspecified atom stereocenters. The highest BCUT2D eigenvalue weighted by atomic mass is 16.4. The number of imide groups is 1. The number of aliphatic carboxylic acids is 1. The molecule has 3 amide bonds. The lowest BCUT2D eigenvalue weighted by Gasteiger charge is -2.11. The molecule has 1 aromatic rings. The third-order valence-electron chi connectivity index (χ3n) is 3.02. The molecule has 0 saturated heterocycles. The van der Waals surface area contributed by atoms with Gasteiger partial charge < -0.3 is 10.4 Å². The summed E-state index contributed by atoms with van der Waals surface area (Å²) in [6.45, 7) is 3.74. The summed E-state index contributed by atoms with van der Waals surface area (Å²) in [7, 11) is 0. The number of anilines is 1. The van der Waals surface area contributed by atoms with E-state index in [4.69, 9.17) is 5.11 Å². The van der Waals surface area contributed by atoms with Gasteiger partial charge in [-0.1, -0.05) is 18.2 Å². The quantitative estimate of drug-likeness (QED) is 0.702. The molecule has 0 heterocycles. The van der Waals surface area contributed by atoms with E-state index < -0.39 is 17.9 Å². The zero-order valence-electron chi connectivity index (χ0n) is 12.2. The Balaban J connectivity index is 2.40. The Labute approximate surface area is 123 Å². The molecule has 0 fully saturated rings. The van der Waals surface area contributed by atoms with Crippen LogP contribution in [0.15, 0.2) is 18.2 Å². The molecule has 0 atom stereocenters. The van der Waals surface area contributed by atoms with Crippen LogP contribution in [-0.2, 0) is 9.59 Å². The fourth-order valence-electron chi connectivity index (χ4n) is 1.91. The highest BCUT2D eigenvalue weighted by molar-refractivity contribution is 6.01. The van der Waals surface area contributed by atoms with E-state index in [0.29, 0.717) is 18.5 Å². The van der Waals surface area contributed by atoms with Gasteiger partial charge in [-0.2, -0.15) is 0 Å². The molecule has 0 saturated carbocycles. The maximum atomic E-state index is 11.7. The summed E-state index contributed by atoms with van der Waals surface area (Å²) in [4.78, 5) is 33.6. The lowest BCUT2D eigenvalue weighted by Crippen LogP contribution is -2.34. The van der Waals surface area contributed by atoms with Gasteiger partial charge in [-0.05, 0) is 37.8 Å². The number of benzene rings is 1. The van der Waals surface area contributed by atoms with Crippen LogP contribution in [0.3, 0.4) is 0 Å². The number of hydrogen-bond donors (Lipinski definition) is 3. The first-order chi connectivity index (χ1) is 9.90. The van der Waals surface area contributed by atoms with Gasteiger partial charge in [0.05, 0.1) is 0 Å². The number of nitrogens with one attached hydrogen (secondary N) is 2. The van der Waals surface area contributed by atoms with Crippen molar-refractivity contribution >= 4 is 23.6 Å². The summed E-state index contributed by atoms with van der Waals surface area (Å²) >= 11 is 0. The van der Waals surface area contributed by atoms with Gasteiger partial charge in [-0.3, -0.25) is 14.9 Å². The number of carboxylic acid groups (broad SMARTS) is 1. The topological polar surface area (TPSA) is 95.5 Å². The number of carboxylic acids is 1. The number of rotatable bonds is 6. The molecule has 0 aliphatic carbocycles. The van der Waals surface area contributed by atoms with Crippen LogP contribution in [0.5, 0.6) is 0 Å². The number of urea groups is 1. The number of carbonyl (C=O) groups is 3. The molecule has 0 radical (unpaired) electrons. The number of para-hydroxylation sites is 1. The Bertz CT molecular complexity index is 520. The Morgan fingerprint density at radius 3 is 2.19 bits per heavy atom. The van der Waals surface area contributed by atoms with Crippen molar-refractivity contribution in [2.45, 2.75) is 39.5 Å². The zero-order chi connectivity index (χ0) is 15.8. The molecule has 0 aromatic heterocycles. The maximum absolute atomic E-state index is 11.7. The highest BCUT2D eigenvalue weighted by Crippen LogP contribution is 2.19. The molecule has 114 valence electrons.